The van der Waals surface area contributed by atoms with E-state index in [2.05, 4.69) is 10.0 Å². The van der Waals surface area contributed by atoms with Crippen LogP contribution in [0.2, 0.25) is 0 Å². The third-order valence-electron chi connectivity index (χ3n) is 4.72. The van der Waals surface area contributed by atoms with Crippen molar-refractivity contribution in [1.82, 2.24) is 0 Å². The second-order valence-corrected chi connectivity index (χ2v) is 8.57. The predicted molar refractivity (Wildman–Crippen MR) is 107 cm³/mol. The number of sulfonamides is 1. The highest BCUT2D eigenvalue weighted by Crippen LogP contribution is 2.36. The molecular weight excluding hydrogens is 364 g/mol. The van der Waals surface area contributed by atoms with E-state index in [0.29, 0.717) is 17.8 Å². The van der Waals surface area contributed by atoms with Crippen LogP contribution < -0.4 is 14.8 Å². The Morgan fingerprint density at radius 2 is 1.93 bits per heavy atom. The Kier molecular flexibility index (Phi) is 5.70. The Bertz CT molecular complexity index is 941. The molecule has 0 fully saturated rings. The van der Waals surface area contributed by atoms with Crippen molar-refractivity contribution in [3.8, 4) is 5.75 Å². The lowest BCUT2D eigenvalue weighted by molar-refractivity contribution is -0.116. The number of fused-ring (bicyclic) bond motifs is 1. The Morgan fingerprint density at radius 3 is 2.63 bits per heavy atom. The third-order valence-corrected chi connectivity index (χ3v) is 5.31. The molecule has 144 valence electrons. The van der Waals surface area contributed by atoms with Crippen LogP contribution in [-0.2, 0) is 21.2 Å². The number of methoxy groups -OCH3 is 1. The SMILES string of the molecule is COc1ccc2c(c1)CCCC2CC(=O)Nc1ccccc1NS(C)(=O)=O. The fourth-order valence-electron chi connectivity index (χ4n) is 3.54. The van der Waals surface area contributed by atoms with Crippen LogP contribution >= 0.6 is 0 Å². The molecule has 1 unspecified atom stereocenters. The molecule has 0 radical (unpaired) electrons. The Labute approximate surface area is 160 Å². The largest absolute Gasteiger partial charge is 0.497 e. The molecule has 7 heteroatoms. The highest BCUT2D eigenvalue weighted by molar-refractivity contribution is 7.92. The summed E-state index contributed by atoms with van der Waals surface area (Å²) in [5.41, 5.74) is 3.25. The smallest absolute Gasteiger partial charge is 0.229 e. The monoisotopic (exact) mass is 388 g/mol. The van der Waals surface area contributed by atoms with Gasteiger partial charge in [-0.1, -0.05) is 18.2 Å². The van der Waals surface area contributed by atoms with Gasteiger partial charge in [0.1, 0.15) is 5.75 Å². The lowest BCUT2D eigenvalue weighted by atomic mass is 9.81. The molecule has 3 rings (SSSR count). The Balaban J connectivity index is 1.73. The molecule has 0 aromatic heterocycles. The number of hydrogen-bond acceptors (Lipinski definition) is 4. The van der Waals surface area contributed by atoms with Gasteiger partial charge in [-0.15, -0.1) is 0 Å². The average Bonchev–Trinajstić information content (AvgIpc) is 2.62. The predicted octanol–water partition coefficient (Wildman–Crippen LogP) is 3.52. The average molecular weight is 388 g/mol. The summed E-state index contributed by atoms with van der Waals surface area (Å²) < 4.78 is 30.7. The quantitative estimate of drug-likeness (QED) is 0.793. The molecule has 2 aromatic carbocycles. The summed E-state index contributed by atoms with van der Waals surface area (Å²) in [6.45, 7) is 0. The van der Waals surface area contributed by atoms with Gasteiger partial charge in [-0.2, -0.15) is 0 Å². The summed E-state index contributed by atoms with van der Waals surface area (Å²) in [4.78, 5) is 12.6. The molecule has 0 aliphatic heterocycles. The molecule has 0 saturated carbocycles. The van der Waals surface area contributed by atoms with E-state index in [9.17, 15) is 13.2 Å². The van der Waals surface area contributed by atoms with E-state index in [1.54, 1.807) is 31.4 Å². The van der Waals surface area contributed by atoms with Crippen molar-refractivity contribution >= 4 is 27.3 Å². The van der Waals surface area contributed by atoms with Gasteiger partial charge in [0.2, 0.25) is 15.9 Å². The fourth-order valence-corrected chi connectivity index (χ4v) is 4.11. The third kappa shape index (κ3) is 5.01. The molecule has 1 aliphatic rings. The number of nitrogens with one attached hydrogen (secondary N) is 2. The van der Waals surface area contributed by atoms with Crippen molar-refractivity contribution in [2.24, 2.45) is 0 Å². The van der Waals surface area contributed by atoms with E-state index >= 15 is 0 Å². The topological polar surface area (TPSA) is 84.5 Å². The molecule has 0 heterocycles. The van der Waals surface area contributed by atoms with Crippen LogP contribution in [0.4, 0.5) is 11.4 Å². The van der Waals surface area contributed by atoms with Crippen LogP contribution in [0.3, 0.4) is 0 Å². The number of carbonyl (C=O) groups is 1. The summed E-state index contributed by atoms with van der Waals surface area (Å²) >= 11 is 0. The van der Waals surface area contributed by atoms with Gasteiger partial charge in [0.25, 0.3) is 0 Å². The number of aryl methyl sites for hydroxylation is 1. The van der Waals surface area contributed by atoms with Gasteiger partial charge >= 0.3 is 0 Å². The van der Waals surface area contributed by atoms with Gasteiger partial charge in [0.05, 0.1) is 24.7 Å². The van der Waals surface area contributed by atoms with E-state index in [4.69, 9.17) is 4.74 Å². The summed E-state index contributed by atoms with van der Waals surface area (Å²) in [5.74, 6) is 0.848. The fraction of sp³-hybridized carbons (Fsp3) is 0.350. The van der Waals surface area contributed by atoms with Crippen LogP contribution in [0, 0.1) is 0 Å². The van der Waals surface area contributed by atoms with Crippen LogP contribution in [0.5, 0.6) is 5.75 Å². The van der Waals surface area contributed by atoms with Gasteiger partial charge < -0.3 is 10.1 Å². The van der Waals surface area contributed by atoms with E-state index < -0.39 is 10.0 Å². The lowest BCUT2D eigenvalue weighted by Crippen LogP contribution is -2.20. The van der Waals surface area contributed by atoms with Gasteiger partial charge in [-0.05, 0) is 60.6 Å². The molecule has 0 bridgehead atoms. The Morgan fingerprint density at radius 1 is 1.19 bits per heavy atom. The highest BCUT2D eigenvalue weighted by atomic mass is 32.2. The van der Waals surface area contributed by atoms with Gasteiger partial charge in [0, 0.05) is 6.42 Å². The first-order chi connectivity index (χ1) is 12.9. The molecule has 2 N–H and O–H groups in total. The Hall–Kier alpha value is -2.54. The molecule has 0 saturated heterocycles. The minimum Gasteiger partial charge on any atom is -0.497 e. The molecule has 1 atom stereocenters. The molecule has 27 heavy (non-hydrogen) atoms. The van der Waals surface area contributed by atoms with Crippen molar-refractivity contribution in [2.45, 2.75) is 31.6 Å². The number of carbonyl (C=O) groups excluding carboxylic acids is 1. The zero-order valence-corrected chi connectivity index (χ0v) is 16.3. The zero-order chi connectivity index (χ0) is 19.4. The number of amides is 1. The van der Waals surface area contributed by atoms with Gasteiger partial charge in [0.15, 0.2) is 0 Å². The molecular formula is C20H24N2O4S. The summed E-state index contributed by atoms with van der Waals surface area (Å²) in [6, 6.07) is 12.8. The number of hydrogen-bond donors (Lipinski definition) is 2. The molecule has 0 spiro atoms. The number of benzene rings is 2. The number of rotatable bonds is 6. The summed E-state index contributed by atoms with van der Waals surface area (Å²) in [6.07, 6.45) is 4.41. The van der Waals surface area contributed by atoms with Crippen LogP contribution in [0.1, 0.15) is 36.3 Å². The molecule has 1 amide bonds. The minimum absolute atomic E-state index is 0.133. The van der Waals surface area contributed by atoms with Crippen LogP contribution in [0.15, 0.2) is 42.5 Å². The first-order valence-electron chi connectivity index (χ1n) is 8.89. The van der Waals surface area contributed by atoms with Crippen molar-refractivity contribution in [3.05, 3.63) is 53.6 Å². The molecule has 2 aromatic rings. The number of anilines is 2. The maximum atomic E-state index is 12.6. The van der Waals surface area contributed by atoms with E-state index in [1.807, 2.05) is 18.2 Å². The van der Waals surface area contributed by atoms with Crippen LogP contribution in [-0.4, -0.2) is 27.7 Å². The van der Waals surface area contributed by atoms with Crippen molar-refractivity contribution in [1.29, 1.82) is 0 Å². The molecule has 6 nitrogen and oxygen atoms in total. The van der Waals surface area contributed by atoms with Crippen molar-refractivity contribution < 1.29 is 17.9 Å². The number of ether oxygens (including phenoxy) is 1. The second kappa shape index (κ2) is 8.00. The van der Waals surface area contributed by atoms with Crippen LogP contribution in [0.25, 0.3) is 0 Å². The maximum absolute atomic E-state index is 12.6. The normalized spacial score (nSPS) is 16.3. The standard InChI is InChI=1S/C20H24N2O4S/c1-26-16-10-11-17-14(12-16)6-5-7-15(17)13-20(23)21-18-8-3-4-9-19(18)22-27(2,24)25/h3-4,8-12,15,22H,5-7,13H2,1-2H3,(H,21,23). The van der Waals surface area contributed by atoms with Crippen molar-refractivity contribution in [2.75, 3.05) is 23.4 Å². The van der Waals surface area contributed by atoms with Gasteiger partial charge in [-0.3, -0.25) is 9.52 Å². The van der Waals surface area contributed by atoms with E-state index in [1.165, 1.54) is 11.1 Å². The summed E-state index contributed by atoms with van der Waals surface area (Å²) in [7, 11) is -1.77. The molecule has 1 aliphatic carbocycles. The van der Waals surface area contributed by atoms with E-state index in [-0.39, 0.29) is 11.8 Å². The minimum atomic E-state index is -3.42. The van der Waals surface area contributed by atoms with Gasteiger partial charge in [-0.25, -0.2) is 8.42 Å². The summed E-state index contributed by atoms with van der Waals surface area (Å²) in [5, 5.41) is 2.84. The number of para-hydroxylation sites is 2. The maximum Gasteiger partial charge on any atom is 0.229 e. The van der Waals surface area contributed by atoms with Crippen molar-refractivity contribution in [3.63, 3.8) is 0 Å². The first kappa shape index (κ1) is 19.2. The second-order valence-electron chi connectivity index (χ2n) is 6.83. The zero-order valence-electron chi connectivity index (χ0n) is 15.5. The van der Waals surface area contributed by atoms with E-state index in [0.717, 1.165) is 31.3 Å². The lowest BCUT2D eigenvalue weighted by Gasteiger charge is -2.25. The first-order valence-corrected chi connectivity index (χ1v) is 10.8. The highest BCUT2D eigenvalue weighted by Gasteiger charge is 2.23.